The number of amides is 1. The number of carbonyl (C=O) groups is 1. The van der Waals surface area contributed by atoms with Gasteiger partial charge >= 0.3 is 0 Å². The van der Waals surface area contributed by atoms with E-state index < -0.39 is 0 Å². The van der Waals surface area contributed by atoms with Crippen molar-refractivity contribution < 1.29 is 4.79 Å². The molecule has 1 saturated heterocycles. The minimum atomic E-state index is 0.224. The average Bonchev–Trinajstić information content (AvgIpc) is 2.78. The van der Waals surface area contributed by atoms with Crippen LogP contribution in [0.1, 0.15) is 45.4 Å². The Balaban J connectivity index is 1.89. The van der Waals surface area contributed by atoms with Gasteiger partial charge < -0.3 is 9.47 Å². The Hall–Kier alpha value is -1.04. The third kappa shape index (κ3) is 3.53. The number of hydrogen-bond acceptors (Lipinski definition) is 4. The van der Waals surface area contributed by atoms with Gasteiger partial charge in [-0.15, -0.1) is 10.2 Å². The molecule has 0 aromatic carbocycles. The zero-order chi connectivity index (χ0) is 14.5. The maximum atomic E-state index is 12.3. The predicted octanol–water partition coefficient (Wildman–Crippen LogP) is 2.26. The Morgan fingerprint density at radius 1 is 1.40 bits per heavy atom. The fourth-order valence-corrected chi connectivity index (χ4v) is 3.41. The van der Waals surface area contributed by atoms with E-state index in [-0.39, 0.29) is 5.91 Å². The van der Waals surface area contributed by atoms with Gasteiger partial charge in [0, 0.05) is 26.1 Å². The molecule has 1 unspecified atom stereocenters. The van der Waals surface area contributed by atoms with E-state index in [9.17, 15) is 4.79 Å². The largest absolute Gasteiger partial charge is 0.339 e. The zero-order valence-electron chi connectivity index (χ0n) is 12.6. The van der Waals surface area contributed by atoms with E-state index >= 15 is 0 Å². The number of hydrogen-bond donors (Lipinski definition) is 0. The lowest BCUT2D eigenvalue weighted by Crippen LogP contribution is -2.42. The van der Waals surface area contributed by atoms with Crippen LogP contribution in [0.5, 0.6) is 0 Å². The average molecular weight is 296 g/mol. The lowest BCUT2D eigenvalue weighted by atomic mass is 10.0. The van der Waals surface area contributed by atoms with Crippen molar-refractivity contribution in [1.82, 2.24) is 19.7 Å². The maximum absolute atomic E-state index is 12.3. The number of aromatic nitrogens is 3. The summed E-state index contributed by atoms with van der Waals surface area (Å²) in [6.45, 7) is 5.17. The van der Waals surface area contributed by atoms with E-state index in [0.29, 0.717) is 11.8 Å². The van der Waals surface area contributed by atoms with E-state index in [1.807, 2.05) is 16.5 Å². The summed E-state index contributed by atoms with van der Waals surface area (Å²) in [4.78, 5) is 14.3. The predicted molar refractivity (Wildman–Crippen MR) is 80.7 cm³/mol. The normalized spacial score (nSPS) is 19.4. The van der Waals surface area contributed by atoms with Crippen LogP contribution < -0.4 is 0 Å². The molecule has 112 valence electrons. The van der Waals surface area contributed by atoms with E-state index in [2.05, 4.69) is 24.0 Å². The Kier molecular flexibility index (Phi) is 5.46. The van der Waals surface area contributed by atoms with Crippen molar-refractivity contribution in [2.45, 2.75) is 57.1 Å². The van der Waals surface area contributed by atoms with Gasteiger partial charge in [-0.2, -0.15) is 0 Å². The van der Waals surface area contributed by atoms with Crippen LogP contribution in [0.4, 0.5) is 0 Å². The summed E-state index contributed by atoms with van der Waals surface area (Å²) in [7, 11) is 1.97. The lowest BCUT2D eigenvalue weighted by molar-refractivity contribution is -0.131. The number of piperidine rings is 1. The fraction of sp³-hybridized carbons (Fsp3) is 0.786. The summed E-state index contributed by atoms with van der Waals surface area (Å²) in [6, 6.07) is 0.381. The van der Waals surface area contributed by atoms with Crippen LogP contribution in [-0.4, -0.2) is 43.9 Å². The van der Waals surface area contributed by atoms with Gasteiger partial charge in [0.25, 0.3) is 0 Å². The SMILES string of the molecule is CCCc1nnc(SCC(=O)N2CCCCC2C)n1C. The van der Waals surface area contributed by atoms with Crippen LogP contribution in [0.3, 0.4) is 0 Å². The molecule has 2 rings (SSSR count). The number of likely N-dealkylation sites (tertiary alicyclic amines) is 1. The van der Waals surface area contributed by atoms with Gasteiger partial charge in [0.2, 0.25) is 5.91 Å². The molecule has 1 fully saturated rings. The van der Waals surface area contributed by atoms with Crippen molar-refractivity contribution in [3.63, 3.8) is 0 Å². The van der Waals surface area contributed by atoms with Crippen LogP contribution in [0.2, 0.25) is 0 Å². The van der Waals surface area contributed by atoms with Gasteiger partial charge in [-0.1, -0.05) is 18.7 Å². The van der Waals surface area contributed by atoms with Crippen LogP contribution >= 0.6 is 11.8 Å². The van der Waals surface area contributed by atoms with Crippen LogP contribution in [0, 0.1) is 0 Å². The topological polar surface area (TPSA) is 51.0 Å². The molecule has 0 saturated carbocycles. The first-order valence-electron chi connectivity index (χ1n) is 7.44. The van der Waals surface area contributed by atoms with Crippen LogP contribution in [0.25, 0.3) is 0 Å². The molecule has 1 aromatic rings. The summed E-state index contributed by atoms with van der Waals surface area (Å²) >= 11 is 1.50. The highest BCUT2D eigenvalue weighted by Gasteiger charge is 2.23. The molecule has 1 aromatic heterocycles. The second kappa shape index (κ2) is 7.11. The number of nitrogens with zero attached hydrogens (tertiary/aromatic N) is 4. The quantitative estimate of drug-likeness (QED) is 0.782. The molecule has 2 heterocycles. The van der Waals surface area contributed by atoms with Gasteiger partial charge in [0.05, 0.1) is 5.75 Å². The van der Waals surface area contributed by atoms with E-state index in [1.165, 1.54) is 18.2 Å². The Morgan fingerprint density at radius 3 is 2.90 bits per heavy atom. The van der Waals surface area contributed by atoms with Crippen molar-refractivity contribution >= 4 is 17.7 Å². The van der Waals surface area contributed by atoms with Crippen LogP contribution in [-0.2, 0) is 18.3 Å². The van der Waals surface area contributed by atoms with Crippen molar-refractivity contribution in [2.75, 3.05) is 12.3 Å². The Labute approximate surface area is 125 Å². The summed E-state index contributed by atoms with van der Waals surface area (Å²) in [6.07, 6.45) is 5.48. The Bertz CT molecular complexity index is 460. The summed E-state index contributed by atoms with van der Waals surface area (Å²) < 4.78 is 2.00. The van der Waals surface area contributed by atoms with Gasteiger partial charge in [0.15, 0.2) is 5.16 Å². The molecule has 1 aliphatic heterocycles. The molecule has 1 atom stereocenters. The molecule has 1 amide bonds. The first kappa shape index (κ1) is 15.4. The summed E-state index contributed by atoms with van der Waals surface area (Å²) in [5.74, 6) is 1.68. The molecular formula is C14H24N4OS. The van der Waals surface area contributed by atoms with Gasteiger partial charge in [-0.05, 0) is 32.6 Å². The lowest BCUT2D eigenvalue weighted by Gasteiger charge is -2.33. The van der Waals surface area contributed by atoms with Crippen molar-refractivity contribution in [3.8, 4) is 0 Å². The minimum absolute atomic E-state index is 0.224. The number of aryl methyl sites for hydroxylation is 1. The molecule has 0 bridgehead atoms. The molecule has 0 N–H and O–H groups in total. The van der Waals surface area contributed by atoms with Gasteiger partial charge in [0.1, 0.15) is 5.82 Å². The maximum Gasteiger partial charge on any atom is 0.233 e. The summed E-state index contributed by atoms with van der Waals surface area (Å²) in [5, 5.41) is 9.19. The van der Waals surface area contributed by atoms with Gasteiger partial charge in [-0.25, -0.2) is 0 Å². The smallest absolute Gasteiger partial charge is 0.233 e. The first-order chi connectivity index (χ1) is 9.63. The second-order valence-corrected chi connectivity index (χ2v) is 6.37. The highest BCUT2D eigenvalue weighted by atomic mass is 32.2. The van der Waals surface area contributed by atoms with Crippen molar-refractivity contribution in [1.29, 1.82) is 0 Å². The van der Waals surface area contributed by atoms with Crippen LogP contribution in [0.15, 0.2) is 5.16 Å². The van der Waals surface area contributed by atoms with Gasteiger partial charge in [-0.3, -0.25) is 4.79 Å². The van der Waals surface area contributed by atoms with E-state index in [1.54, 1.807) is 0 Å². The molecule has 20 heavy (non-hydrogen) atoms. The molecular weight excluding hydrogens is 272 g/mol. The minimum Gasteiger partial charge on any atom is -0.339 e. The number of rotatable bonds is 5. The highest BCUT2D eigenvalue weighted by Crippen LogP contribution is 2.21. The second-order valence-electron chi connectivity index (χ2n) is 5.43. The Morgan fingerprint density at radius 2 is 2.20 bits per heavy atom. The highest BCUT2D eigenvalue weighted by molar-refractivity contribution is 7.99. The van der Waals surface area contributed by atoms with Crippen molar-refractivity contribution in [2.24, 2.45) is 7.05 Å². The number of carbonyl (C=O) groups excluding carboxylic acids is 1. The fourth-order valence-electron chi connectivity index (χ4n) is 2.59. The molecule has 0 spiro atoms. The molecule has 5 nitrogen and oxygen atoms in total. The number of thioether (sulfide) groups is 1. The molecule has 0 radical (unpaired) electrons. The third-order valence-electron chi connectivity index (χ3n) is 3.85. The monoisotopic (exact) mass is 296 g/mol. The zero-order valence-corrected chi connectivity index (χ0v) is 13.4. The summed E-state index contributed by atoms with van der Waals surface area (Å²) in [5.41, 5.74) is 0. The van der Waals surface area contributed by atoms with E-state index in [4.69, 9.17) is 0 Å². The third-order valence-corrected chi connectivity index (χ3v) is 4.85. The molecule has 6 heteroatoms. The molecule has 0 aliphatic carbocycles. The first-order valence-corrected chi connectivity index (χ1v) is 8.42. The molecule has 1 aliphatic rings. The standard InChI is InChI=1S/C14H24N4OS/c1-4-7-12-15-16-14(17(12)3)20-10-13(19)18-9-6-5-8-11(18)2/h11H,4-10H2,1-3H3. The van der Waals surface area contributed by atoms with Crippen molar-refractivity contribution in [3.05, 3.63) is 5.82 Å². The van der Waals surface area contributed by atoms with E-state index in [0.717, 1.165) is 43.2 Å².